The van der Waals surface area contributed by atoms with E-state index in [2.05, 4.69) is 5.32 Å². The summed E-state index contributed by atoms with van der Waals surface area (Å²) < 4.78 is 34.6. The van der Waals surface area contributed by atoms with Crippen LogP contribution in [-0.2, 0) is 4.74 Å². The van der Waals surface area contributed by atoms with Crippen molar-refractivity contribution in [2.75, 3.05) is 52.9 Å². The zero-order valence-corrected chi connectivity index (χ0v) is 17.0. The van der Waals surface area contributed by atoms with E-state index in [1.807, 2.05) is 0 Å². The van der Waals surface area contributed by atoms with Gasteiger partial charge in [-0.2, -0.15) is 0 Å². The molecule has 1 saturated heterocycles. The highest BCUT2D eigenvalue weighted by molar-refractivity contribution is 6.08. The van der Waals surface area contributed by atoms with E-state index < -0.39 is 11.7 Å². The fourth-order valence-electron chi connectivity index (χ4n) is 3.17. The highest BCUT2D eigenvalue weighted by Crippen LogP contribution is 2.37. The monoisotopic (exact) mass is 418 g/mol. The summed E-state index contributed by atoms with van der Waals surface area (Å²) in [5.41, 5.74) is 0.700. The van der Waals surface area contributed by atoms with Crippen LogP contribution in [0.25, 0.3) is 0 Å². The number of nitrogens with zero attached hydrogens (tertiary/aromatic N) is 1. The number of hydrogen-bond donors (Lipinski definition) is 1. The van der Waals surface area contributed by atoms with Gasteiger partial charge in [0.1, 0.15) is 11.6 Å². The lowest BCUT2D eigenvalue weighted by atomic mass is 10.1. The topological polar surface area (TPSA) is 86.3 Å². The molecule has 2 aromatic rings. The molecule has 3 rings (SSSR count). The summed E-state index contributed by atoms with van der Waals surface area (Å²) in [4.78, 5) is 27.4. The average Bonchev–Trinajstić information content (AvgIpc) is 2.78. The molecule has 0 unspecified atom stereocenters. The number of methoxy groups -OCH3 is 3. The smallest absolute Gasteiger partial charge is 0.259 e. The van der Waals surface area contributed by atoms with Crippen molar-refractivity contribution < 1.29 is 32.9 Å². The molecule has 0 bridgehead atoms. The Balaban J connectivity index is 1.96. The lowest BCUT2D eigenvalue weighted by Gasteiger charge is -2.27. The van der Waals surface area contributed by atoms with Gasteiger partial charge in [0.25, 0.3) is 11.8 Å². The molecular weight excluding hydrogens is 395 g/mol. The van der Waals surface area contributed by atoms with Gasteiger partial charge in [-0.15, -0.1) is 0 Å². The predicted molar refractivity (Wildman–Crippen MR) is 107 cm³/mol. The highest BCUT2D eigenvalue weighted by atomic mass is 19.1. The van der Waals surface area contributed by atoms with Crippen LogP contribution >= 0.6 is 0 Å². The summed E-state index contributed by atoms with van der Waals surface area (Å²) in [7, 11) is 4.21. The first-order valence-electron chi connectivity index (χ1n) is 9.26. The zero-order chi connectivity index (χ0) is 21.7. The van der Waals surface area contributed by atoms with E-state index in [9.17, 15) is 14.0 Å². The van der Waals surface area contributed by atoms with Gasteiger partial charge in [-0.05, 0) is 24.3 Å². The Kier molecular flexibility index (Phi) is 6.73. The van der Waals surface area contributed by atoms with Crippen LogP contribution in [0.2, 0.25) is 0 Å². The molecule has 0 radical (unpaired) electrons. The maximum absolute atomic E-state index is 13.5. The molecule has 2 aromatic carbocycles. The fourth-order valence-corrected chi connectivity index (χ4v) is 3.17. The molecule has 160 valence electrons. The van der Waals surface area contributed by atoms with Crippen molar-refractivity contribution >= 4 is 17.5 Å². The molecule has 0 spiro atoms. The SMILES string of the molecule is COc1cc(F)ccc1C(=O)Nc1cc(C(=O)N2CCOCC2)cc(OC)c1OC. The number of morpholine rings is 1. The molecule has 2 amide bonds. The average molecular weight is 418 g/mol. The van der Waals surface area contributed by atoms with E-state index in [4.69, 9.17) is 18.9 Å². The van der Waals surface area contributed by atoms with Gasteiger partial charge >= 0.3 is 0 Å². The van der Waals surface area contributed by atoms with Crippen molar-refractivity contribution in [1.29, 1.82) is 0 Å². The van der Waals surface area contributed by atoms with Gasteiger partial charge < -0.3 is 29.2 Å². The second kappa shape index (κ2) is 9.45. The third-order valence-electron chi connectivity index (χ3n) is 4.68. The van der Waals surface area contributed by atoms with Gasteiger partial charge in [0.05, 0.1) is 45.8 Å². The molecule has 30 heavy (non-hydrogen) atoms. The number of carbonyl (C=O) groups is 2. The van der Waals surface area contributed by atoms with Crippen molar-refractivity contribution in [3.63, 3.8) is 0 Å². The van der Waals surface area contributed by atoms with Crippen LogP contribution in [0, 0.1) is 5.82 Å². The number of carbonyl (C=O) groups excluding carboxylic acids is 2. The summed E-state index contributed by atoms with van der Waals surface area (Å²) in [5, 5.41) is 2.70. The van der Waals surface area contributed by atoms with Crippen LogP contribution < -0.4 is 19.5 Å². The second-order valence-electron chi connectivity index (χ2n) is 6.46. The Morgan fingerprint density at radius 3 is 2.33 bits per heavy atom. The van der Waals surface area contributed by atoms with Crippen molar-refractivity contribution in [3.05, 3.63) is 47.3 Å². The minimum Gasteiger partial charge on any atom is -0.496 e. The van der Waals surface area contributed by atoms with Gasteiger partial charge in [-0.3, -0.25) is 9.59 Å². The van der Waals surface area contributed by atoms with Gasteiger partial charge in [0.15, 0.2) is 11.5 Å². The number of ether oxygens (including phenoxy) is 4. The van der Waals surface area contributed by atoms with E-state index in [-0.39, 0.29) is 34.4 Å². The van der Waals surface area contributed by atoms with Crippen molar-refractivity contribution in [3.8, 4) is 17.2 Å². The Morgan fingerprint density at radius 2 is 1.70 bits per heavy atom. The van der Waals surface area contributed by atoms with Crippen LogP contribution in [0.5, 0.6) is 17.2 Å². The van der Waals surface area contributed by atoms with E-state index in [0.29, 0.717) is 31.9 Å². The Bertz CT molecular complexity index is 943. The molecule has 0 aliphatic carbocycles. The standard InChI is InChI=1S/C21H23FN2O6/c1-27-17-12-14(22)4-5-15(17)20(25)23-16-10-13(11-18(28-2)19(16)29-3)21(26)24-6-8-30-9-7-24/h4-5,10-12H,6-9H2,1-3H3,(H,23,25). The normalized spacial score (nSPS) is 13.5. The summed E-state index contributed by atoms with van der Waals surface area (Å²) >= 11 is 0. The fraction of sp³-hybridized carbons (Fsp3) is 0.333. The van der Waals surface area contributed by atoms with Crippen molar-refractivity contribution in [2.45, 2.75) is 0 Å². The minimum absolute atomic E-state index is 0.0824. The molecule has 9 heteroatoms. The summed E-state index contributed by atoms with van der Waals surface area (Å²) in [6.07, 6.45) is 0. The van der Waals surface area contributed by atoms with Crippen LogP contribution in [0.3, 0.4) is 0 Å². The maximum Gasteiger partial charge on any atom is 0.259 e. The Morgan fingerprint density at radius 1 is 1.00 bits per heavy atom. The third kappa shape index (κ3) is 4.46. The van der Waals surface area contributed by atoms with E-state index in [1.54, 1.807) is 11.0 Å². The summed E-state index contributed by atoms with van der Waals surface area (Å²) in [6.45, 7) is 1.88. The highest BCUT2D eigenvalue weighted by Gasteiger charge is 2.24. The summed E-state index contributed by atoms with van der Waals surface area (Å²) in [6, 6.07) is 6.67. The number of benzene rings is 2. The number of amides is 2. The largest absolute Gasteiger partial charge is 0.496 e. The first-order chi connectivity index (χ1) is 14.5. The molecule has 1 aliphatic rings. The van der Waals surface area contributed by atoms with Crippen LogP contribution in [0.15, 0.2) is 30.3 Å². The number of hydrogen-bond acceptors (Lipinski definition) is 6. The van der Waals surface area contributed by atoms with Crippen molar-refractivity contribution in [1.82, 2.24) is 4.90 Å². The zero-order valence-electron chi connectivity index (χ0n) is 17.0. The quantitative estimate of drug-likeness (QED) is 0.776. The van der Waals surface area contributed by atoms with Gasteiger partial charge in [-0.25, -0.2) is 4.39 Å². The molecule has 1 fully saturated rings. The lowest BCUT2D eigenvalue weighted by molar-refractivity contribution is 0.0302. The lowest BCUT2D eigenvalue weighted by Crippen LogP contribution is -2.40. The molecular formula is C21H23FN2O6. The number of anilines is 1. The number of rotatable bonds is 6. The first kappa shape index (κ1) is 21.4. The van der Waals surface area contributed by atoms with Gasteiger partial charge in [0.2, 0.25) is 0 Å². The van der Waals surface area contributed by atoms with Crippen LogP contribution in [0.4, 0.5) is 10.1 Å². The predicted octanol–water partition coefficient (Wildman–Crippen LogP) is 2.58. The maximum atomic E-state index is 13.5. The van der Waals surface area contributed by atoms with Gasteiger partial charge in [0, 0.05) is 24.7 Å². The molecule has 0 aromatic heterocycles. The Labute approximate surface area is 173 Å². The molecule has 1 heterocycles. The second-order valence-corrected chi connectivity index (χ2v) is 6.46. The molecule has 1 N–H and O–H groups in total. The van der Waals surface area contributed by atoms with Crippen molar-refractivity contribution in [2.24, 2.45) is 0 Å². The van der Waals surface area contributed by atoms with E-state index in [0.717, 1.165) is 12.1 Å². The van der Waals surface area contributed by atoms with E-state index in [1.165, 1.54) is 33.5 Å². The summed E-state index contributed by atoms with van der Waals surface area (Å²) in [5.74, 6) is -0.666. The Hall–Kier alpha value is -3.33. The number of nitrogens with one attached hydrogen (secondary N) is 1. The van der Waals surface area contributed by atoms with E-state index >= 15 is 0 Å². The van der Waals surface area contributed by atoms with Gasteiger partial charge in [-0.1, -0.05) is 0 Å². The third-order valence-corrected chi connectivity index (χ3v) is 4.68. The molecule has 0 saturated carbocycles. The van der Waals surface area contributed by atoms with Crippen LogP contribution in [-0.4, -0.2) is 64.3 Å². The first-order valence-corrected chi connectivity index (χ1v) is 9.26. The minimum atomic E-state index is -0.553. The number of halogens is 1. The molecule has 1 aliphatic heterocycles. The molecule has 0 atom stereocenters. The molecule has 8 nitrogen and oxygen atoms in total. The van der Waals surface area contributed by atoms with Crippen LogP contribution in [0.1, 0.15) is 20.7 Å².